The van der Waals surface area contributed by atoms with Crippen LogP contribution < -0.4 is 0 Å². The third kappa shape index (κ3) is 3.09. The van der Waals surface area contributed by atoms with E-state index in [1.54, 1.807) is 17.5 Å². The van der Waals surface area contributed by atoms with Gasteiger partial charge in [-0.3, -0.25) is 0 Å². The summed E-state index contributed by atoms with van der Waals surface area (Å²) in [6.45, 7) is 10.8. The first-order valence-electron chi connectivity index (χ1n) is 8.71. The molecular formula is C20H22N4OS. The summed E-state index contributed by atoms with van der Waals surface area (Å²) in [4.78, 5) is 18.3. The number of oxazole rings is 1. The molecule has 0 atom stereocenters. The van der Waals surface area contributed by atoms with Crippen molar-refractivity contribution in [2.75, 3.05) is 0 Å². The monoisotopic (exact) mass is 366 g/mol. The van der Waals surface area contributed by atoms with Crippen LogP contribution in [0.1, 0.15) is 51.2 Å². The molecule has 0 spiro atoms. The molecule has 4 aromatic heterocycles. The molecule has 0 N–H and O–H groups in total. The van der Waals surface area contributed by atoms with Gasteiger partial charge < -0.3 is 4.42 Å². The highest BCUT2D eigenvalue weighted by atomic mass is 32.1. The Morgan fingerprint density at radius 1 is 0.962 bits per heavy atom. The first-order chi connectivity index (χ1) is 12.2. The van der Waals surface area contributed by atoms with Crippen molar-refractivity contribution in [2.45, 2.75) is 51.9 Å². The summed E-state index contributed by atoms with van der Waals surface area (Å²) in [5.41, 5.74) is 2.93. The van der Waals surface area contributed by atoms with Crippen molar-refractivity contribution in [3.8, 4) is 0 Å². The maximum Gasteiger partial charge on any atom is 0.203 e. The van der Waals surface area contributed by atoms with Crippen LogP contribution in [0.3, 0.4) is 0 Å². The lowest BCUT2D eigenvalue weighted by atomic mass is 9.87. The molecule has 0 amide bonds. The van der Waals surface area contributed by atoms with E-state index in [0.29, 0.717) is 17.1 Å². The summed E-state index contributed by atoms with van der Waals surface area (Å²) in [6, 6.07) is 7.95. The third-order valence-electron chi connectivity index (χ3n) is 4.32. The lowest BCUT2D eigenvalue weighted by Crippen LogP contribution is -2.21. The normalized spacial score (nSPS) is 13.0. The van der Waals surface area contributed by atoms with E-state index in [2.05, 4.69) is 56.7 Å². The number of hydrogen-bond acceptors (Lipinski definition) is 6. The van der Waals surface area contributed by atoms with E-state index in [9.17, 15) is 0 Å². The van der Waals surface area contributed by atoms with Crippen molar-refractivity contribution in [3.63, 3.8) is 0 Å². The van der Waals surface area contributed by atoms with Gasteiger partial charge in [0.2, 0.25) is 5.89 Å². The molecule has 0 saturated carbocycles. The Kier molecular flexibility index (Phi) is 3.84. The highest BCUT2D eigenvalue weighted by Gasteiger charge is 2.28. The largest absolute Gasteiger partial charge is 0.438 e. The number of nitrogens with zero attached hydrogens (tertiary/aromatic N) is 4. The molecule has 0 unspecified atom stereocenters. The van der Waals surface area contributed by atoms with Crippen molar-refractivity contribution in [1.82, 2.24) is 19.9 Å². The minimum absolute atomic E-state index is 0.0377. The summed E-state index contributed by atoms with van der Waals surface area (Å²) >= 11 is 1.72. The fourth-order valence-corrected chi connectivity index (χ4v) is 3.83. The number of aromatic nitrogens is 4. The van der Waals surface area contributed by atoms with E-state index in [1.807, 2.05) is 12.1 Å². The molecule has 4 aromatic rings. The number of rotatable bonds is 3. The van der Waals surface area contributed by atoms with Crippen molar-refractivity contribution in [3.05, 3.63) is 47.1 Å². The molecule has 0 aliphatic carbocycles. The van der Waals surface area contributed by atoms with Crippen molar-refractivity contribution >= 4 is 32.9 Å². The highest BCUT2D eigenvalue weighted by Crippen LogP contribution is 2.32. The zero-order valence-electron chi connectivity index (χ0n) is 15.7. The Balaban J connectivity index is 1.66. The maximum absolute atomic E-state index is 5.93. The van der Waals surface area contributed by atoms with Crippen LogP contribution >= 0.6 is 11.3 Å². The van der Waals surface area contributed by atoms with Crippen LogP contribution in [0.2, 0.25) is 0 Å². The second kappa shape index (κ2) is 5.84. The zero-order valence-corrected chi connectivity index (χ0v) is 16.5. The molecule has 134 valence electrons. The summed E-state index contributed by atoms with van der Waals surface area (Å²) in [5.74, 6) is 0.682. The van der Waals surface area contributed by atoms with E-state index in [4.69, 9.17) is 14.4 Å². The minimum atomic E-state index is -0.287. The molecule has 4 heterocycles. The molecule has 0 aliphatic rings. The Bertz CT molecular complexity index is 1060. The minimum Gasteiger partial charge on any atom is -0.438 e. The molecule has 26 heavy (non-hydrogen) atoms. The van der Waals surface area contributed by atoms with Crippen LogP contribution in [0, 0.1) is 0 Å². The van der Waals surface area contributed by atoms with Crippen molar-refractivity contribution in [2.24, 2.45) is 0 Å². The molecule has 5 nitrogen and oxygen atoms in total. The summed E-state index contributed by atoms with van der Waals surface area (Å²) in [6.07, 6.45) is 2.45. The summed E-state index contributed by atoms with van der Waals surface area (Å²) < 4.78 is 7.05. The zero-order chi connectivity index (χ0) is 18.5. The van der Waals surface area contributed by atoms with Gasteiger partial charge in [-0.25, -0.2) is 15.0 Å². The molecule has 0 aromatic carbocycles. The summed E-state index contributed by atoms with van der Waals surface area (Å²) in [7, 11) is 0. The molecule has 0 bridgehead atoms. The average molecular weight is 366 g/mol. The topological polar surface area (TPSA) is 64.7 Å². The van der Waals surface area contributed by atoms with E-state index in [-0.39, 0.29) is 10.8 Å². The Hall–Kier alpha value is -2.34. The second-order valence-corrected chi connectivity index (χ2v) is 9.33. The van der Waals surface area contributed by atoms with Gasteiger partial charge in [0.25, 0.3) is 0 Å². The first-order valence-corrected chi connectivity index (χ1v) is 9.53. The molecule has 6 heteroatoms. The van der Waals surface area contributed by atoms with Crippen LogP contribution in [0.4, 0.5) is 0 Å². The van der Waals surface area contributed by atoms with Crippen LogP contribution in [0.5, 0.6) is 0 Å². The van der Waals surface area contributed by atoms with Crippen molar-refractivity contribution in [1.29, 1.82) is 0 Å². The Morgan fingerprint density at radius 3 is 2.50 bits per heavy atom. The van der Waals surface area contributed by atoms with Crippen LogP contribution in [0.25, 0.3) is 21.6 Å². The number of hydrogen-bond donors (Lipinski definition) is 0. The fraction of sp³-hybridized carbons (Fsp3) is 0.400. The quantitative estimate of drug-likeness (QED) is 0.508. The maximum atomic E-state index is 5.93. The van der Waals surface area contributed by atoms with Crippen molar-refractivity contribution < 1.29 is 4.42 Å². The third-order valence-corrected chi connectivity index (χ3v) is 5.76. The van der Waals surface area contributed by atoms with E-state index in [1.165, 1.54) is 0 Å². The average Bonchev–Trinajstić information content (AvgIpc) is 3.18. The number of fused-ring (bicyclic) bond motifs is 2. The van der Waals surface area contributed by atoms with Gasteiger partial charge in [0.15, 0.2) is 16.9 Å². The van der Waals surface area contributed by atoms with Gasteiger partial charge in [0.1, 0.15) is 5.01 Å². The molecular weight excluding hydrogens is 344 g/mol. The SMILES string of the molecule is CC(C)(C)c1nc2nc(CC(C)(C)c3nc4ncccc4o3)ccc2s1. The predicted molar refractivity (Wildman–Crippen MR) is 105 cm³/mol. The van der Waals surface area contributed by atoms with Gasteiger partial charge >= 0.3 is 0 Å². The summed E-state index contributed by atoms with van der Waals surface area (Å²) in [5, 5.41) is 1.11. The van der Waals surface area contributed by atoms with E-state index in [0.717, 1.165) is 27.5 Å². The number of thiazole rings is 1. The lowest BCUT2D eigenvalue weighted by Gasteiger charge is -2.19. The van der Waals surface area contributed by atoms with E-state index >= 15 is 0 Å². The molecule has 0 aliphatic heterocycles. The smallest absolute Gasteiger partial charge is 0.203 e. The Labute approximate surface area is 156 Å². The molecule has 0 saturated heterocycles. The van der Waals surface area contributed by atoms with Gasteiger partial charge in [0.05, 0.1) is 4.70 Å². The van der Waals surface area contributed by atoms with Crippen LogP contribution in [0.15, 0.2) is 34.9 Å². The fourth-order valence-electron chi connectivity index (χ4n) is 2.86. The van der Waals surface area contributed by atoms with E-state index < -0.39 is 0 Å². The van der Waals surface area contributed by atoms with Gasteiger partial charge in [0, 0.05) is 29.1 Å². The van der Waals surface area contributed by atoms with Gasteiger partial charge in [-0.2, -0.15) is 4.98 Å². The van der Waals surface area contributed by atoms with Crippen LogP contribution in [-0.2, 0) is 17.3 Å². The first kappa shape index (κ1) is 17.1. The molecule has 0 radical (unpaired) electrons. The Morgan fingerprint density at radius 2 is 1.77 bits per heavy atom. The molecule has 0 fully saturated rings. The van der Waals surface area contributed by atoms with Crippen LogP contribution in [-0.4, -0.2) is 19.9 Å². The van der Waals surface area contributed by atoms with Gasteiger partial charge in [-0.1, -0.05) is 34.6 Å². The second-order valence-electron chi connectivity index (χ2n) is 8.30. The van der Waals surface area contributed by atoms with Gasteiger partial charge in [-0.05, 0) is 24.3 Å². The highest BCUT2D eigenvalue weighted by molar-refractivity contribution is 7.18. The molecule has 4 rings (SSSR count). The standard InChI is InChI=1S/C20H22N4OS/c1-19(2,3)18-24-16-14(26-18)9-8-12(22-16)11-20(4,5)17-23-15-13(25-17)7-6-10-21-15/h6-10H,11H2,1-5H3. The number of pyridine rings is 2. The predicted octanol–water partition coefficient (Wildman–Crippen LogP) is 5.05. The lowest BCUT2D eigenvalue weighted by molar-refractivity contribution is 0.379. The van der Waals surface area contributed by atoms with Gasteiger partial charge in [-0.15, -0.1) is 11.3 Å².